The first-order chi connectivity index (χ1) is 6.20. The number of rotatable bonds is 2. The van der Waals surface area contributed by atoms with Crippen molar-refractivity contribution in [2.75, 3.05) is 0 Å². The highest BCUT2D eigenvalue weighted by atomic mass is 14.2. The van der Waals surface area contributed by atoms with E-state index in [-0.39, 0.29) is 0 Å². The molecular formula is C12H21N. The molecule has 0 N–H and O–H groups in total. The van der Waals surface area contributed by atoms with E-state index in [9.17, 15) is 0 Å². The van der Waals surface area contributed by atoms with Crippen LogP contribution in [0, 0.1) is 11.3 Å². The van der Waals surface area contributed by atoms with E-state index < -0.39 is 0 Å². The highest BCUT2D eigenvalue weighted by molar-refractivity contribution is 5.36. The smallest absolute Gasteiger partial charge is 0.0991 e. The van der Waals surface area contributed by atoms with Crippen molar-refractivity contribution in [2.45, 2.75) is 34.6 Å². The summed E-state index contributed by atoms with van der Waals surface area (Å²) in [5.74, 6) is 0. The second-order valence-electron chi connectivity index (χ2n) is 1.76. The number of hydrogen-bond acceptors (Lipinski definition) is 1. The van der Waals surface area contributed by atoms with Gasteiger partial charge >= 0.3 is 0 Å². The Labute approximate surface area is 83.1 Å². The molecule has 0 spiro atoms. The monoisotopic (exact) mass is 179 g/mol. The van der Waals surface area contributed by atoms with Crippen LogP contribution in [0.3, 0.4) is 0 Å². The van der Waals surface area contributed by atoms with Crippen LogP contribution >= 0.6 is 0 Å². The van der Waals surface area contributed by atoms with E-state index in [1.807, 2.05) is 40.7 Å². The summed E-state index contributed by atoms with van der Waals surface area (Å²) in [6.45, 7) is 16.9. The molecule has 0 aliphatic heterocycles. The molecule has 0 atom stereocenters. The summed E-state index contributed by atoms with van der Waals surface area (Å²) >= 11 is 0. The standard InChI is InChI=1S/C8H9N.2C2H6/c1-4-8(6-9)5-7(2)3;2*1-2/h4-5H,1-2H2,3H3;2*1-2H3/b8-5+;;. The molecule has 0 saturated carbocycles. The first-order valence-electron chi connectivity index (χ1n) is 4.60. The number of allylic oxidation sites excluding steroid dienone is 4. The van der Waals surface area contributed by atoms with Crippen molar-refractivity contribution in [1.29, 1.82) is 5.26 Å². The van der Waals surface area contributed by atoms with E-state index in [0.29, 0.717) is 5.57 Å². The molecule has 0 saturated heterocycles. The Bertz CT molecular complexity index is 192. The van der Waals surface area contributed by atoms with Gasteiger partial charge in [0.25, 0.3) is 0 Å². The number of hydrogen-bond donors (Lipinski definition) is 0. The van der Waals surface area contributed by atoms with Crippen molar-refractivity contribution < 1.29 is 0 Å². The molecular weight excluding hydrogens is 158 g/mol. The van der Waals surface area contributed by atoms with Gasteiger partial charge in [-0.15, -0.1) is 0 Å². The molecule has 0 fully saturated rings. The van der Waals surface area contributed by atoms with Gasteiger partial charge < -0.3 is 0 Å². The molecule has 0 bridgehead atoms. The summed E-state index contributed by atoms with van der Waals surface area (Å²) in [5, 5.41) is 8.34. The minimum absolute atomic E-state index is 0.558. The van der Waals surface area contributed by atoms with Crippen molar-refractivity contribution >= 4 is 0 Å². The Morgan fingerprint density at radius 1 is 1.23 bits per heavy atom. The minimum atomic E-state index is 0.558. The van der Waals surface area contributed by atoms with Crippen LogP contribution < -0.4 is 0 Å². The Kier molecular flexibility index (Phi) is 23.1. The van der Waals surface area contributed by atoms with E-state index in [4.69, 9.17) is 5.26 Å². The average molecular weight is 179 g/mol. The fourth-order valence-electron chi connectivity index (χ4n) is 0.402. The lowest BCUT2D eigenvalue weighted by molar-refractivity contribution is 1.47. The van der Waals surface area contributed by atoms with Gasteiger partial charge in [-0.25, -0.2) is 0 Å². The third-order valence-corrected chi connectivity index (χ3v) is 0.751. The van der Waals surface area contributed by atoms with Gasteiger partial charge in [-0.3, -0.25) is 0 Å². The first-order valence-corrected chi connectivity index (χ1v) is 4.60. The van der Waals surface area contributed by atoms with Gasteiger partial charge in [0.1, 0.15) is 0 Å². The molecule has 0 aromatic heterocycles. The molecule has 0 aromatic carbocycles. The molecule has 0 unspecified atom stereocenters. The van der Waals surface area contributed by atoms with Crippen molar-refractivity contribution in [3.05, 3.63) is 36.5 Å². The van der Waals surface area contributed by atoms with Crippen LogP contribution in [0.5, 0.6) is 0 Å². The summed E-state index contributed by atoms with van der Waals surface area (Å²) in [6, 6.07) is 1.97. The predicted octanol–water partition coefficient (Wildman–Crippen LogP) is 4.25. The van der Waals surface area contributed by atoms with Gasteiger partial charge in [0.2, 0.25) is 0 Å². The Morgan fingerprint density at radius 3 is 1.69 bits per heavy atom. The average Bonchev–Trinajstić information content (AvgIpc) is 2.20. The Morgan fingerprint density at radius 2 is 1.62 bits per heavy atom. The van der Waals surface area contributed by atoms with Gasteiger partial charge in [-0.05, 0) is 13.0 Å². The molecule has 13 heavy (non-hydrogen) atoms. The van der Waals surface area contributed by atoms with Gasteiger partial charge in [-0.2, -0.15) is 5.26 Å². The van der Waals surface area contributed by atoms with Crippen LogP contribution in [-0.2, 0) is 0 Å². The van der Waals surface area contributed by atoms with Crippen LogP contribution in [0.2, 0.25) is 0 Å². The third kappa shape index (κ3) is 18.0. The van der Waals surface area contributed by atoms with E-state index in [1.165, 1.54) is 6.08 Å². The van der Waals surface area contributed by atoms with E-state index in [1.54, 1.807) is 6.08 Å². The highest BCUT2D eigenvalue weighted by Gasteiger charge is 1.83. The zero-order valence-electron chi connectivity index (χ0n) is 9.52. The van der Waals surface area contributed by atoms with E-state index >= 15 is 0 Å². The summed E-state index contributed by atoms with van der Waals surface area (Å²) < 4.78 is 0. The fourth-order valence-corrected chi connectivity index (χ4v) is 0.402. The zero-order valence-corrected chi connectivity index (χ0v) is 9.52. The second kappa shape index (κ2) is 17.0. The molecule has 0 heterocycles. The van der Waals surface area contributed by atoms with E-state index in [2.05, 4.69) is 13.2 Å². The maximum atomic E-state index is 8.34. The van der Waals surface area contributed by atoms with Crippen molar-refractivity contribution in [3.63, 3.8) is 0 Å². The molecule has 0 rings (SSSR count). The molecule has 0 aromatic rings. The van der Waals surface area contributed by atoms with Crippen LogP contribution in [0.25, 0.3) is 0 Å². The topological polar surface area (TPSA) is 23.8 Å². The Hall–Kier alpha value is -1.29. The normalized spacial score (nSPS) is 7.85. The van der Waals surface area contributed by atoms with Gasteiger partial charge in [0.15, 0.2) is 0 Å². The highest BCUT2D eigenvalue weighted by Crippen LogP contribution is 1.98. The second-order valence-corrected chi connectivity index (χ2v) is 1.76. The molecule has 0 aliphatic carbocycles. The first kappa shape index (κ1) is 17.7. The summed E-state index contributed by atoms with van der Waals surface area (Å²) in [7, 11) is 0. The lowest BCUT2D eigenvalue weighted by Gasteiger charge is -1.85. The Balaban J connectivity index is -0.000000218. The van der Waals surface area contributed by atoms with Crippen molar-refractivity contribution in [2.24, 2.45) is 0 Å². The molecule has 74 valence electrons. The summed E-state index contributed by atoms with van der Waals surface area (Å²) in [4.78, 5) is 0. The lowest BCUT2D eigenvalue weighted by Crippen LogP contribution is -1.70. The lowest BCUT2D eigenvalue weighted by atomic mass is 10.2. The quantitative estimate of drug-likeness (QED) is 0.459. The molecule has 0 aliphatic rings. The van der Waals surface area contributed by atoms with Crippen LogP contribution in [0.1, 0.15) is 34.6 Å². The number of nitriles is 1. The van der Waals surface area contributed by atoms with Crippen LogP contribution in [-0.4, -0.2) is 0 Å². The third-order valence-electron chi connectivity index (χ3n) is 0.751. The number of nitrogens with zero attached hydrogens (tertiary/aromatic N) is 1. The molecule has 1 heteroatoms. The SMILES string of the molecule is C=C/C(C#N)=C\C(=C)C.CC.CC. The van der Waals surface area contributed by atoms with E-state index in [0.717, 1.165) is 5.57 Å². The molecule has 0 radical (unpaired) electrons. The zero-order chi connectivity index (χ0) is 11.3. The van der Waals surface area contributed by atoms with Crippen molar-refractivity contribution in [3.8, 4) is 6.07 Å². The van der Waals surface area contributed by atoms with Crippen LogP contribution in [0.15, 0.2) is 36.5 Å². The summed E-state index contributed by atoms with van der Waals surface area (Å²) in [6.07, 6.45) is 3.20. The van der Waals surface area contributed by atoms with Crippen LogP contribution in [0.4, 0.5) is 0 Å². The van der Waals surface area contributed by atoms with Gasteiger partial charge in [0.05, 0.1) is 11.6 Å². The largest absolute Gasteiger partial charge is 0.192 e. The maximum absolute atomic E-state index is 8.34. The summed E-state index contributed by atoms with van der Waals surface area (Å²) in [5.41, 5.74) is 1.42. The predicted molar refractivity (Wildman–Crippen MR) is 61.4 cm³/mol. The van der Waals surface area contributed by atoms with Crippen molar-refractivity contribution in [1.82, 2.24) is 0 Å². The fraction of sp³-hybridized carbons (Fsp3) is 0.417. The van der Waals surface area contributed by atoms with Gasteiger partial charge in [0, 0.05) is 0 Å². The minimum Gasteiger partial charge on any atom is -0.192 e. The molecule has 0 amide bonds. The molecule has 1 nitrogen and oxygen atoms in total. The van der Waals surface area contributed by atoms with Gasteiger partial charge in [-0.1, -0.05) is 52.5 Å². The maximum Gasteiger partial charge on any atom is 0.0991 e.